The molecule has 0 aliphatic heterocycles. The highest BCUT2D eigenvalue weighted by Crippen LogP contribution is 2.56. The molecule has 0 aromatic heterocycles. The third-order valence-electron chi connectivity index (χ3n) is 8.51. The van der Waals surface area contributed by atoms with Crippen molar-refractivity contribution in [2.75, 3.05) is 0 Å². The maximum Gasteiger partial charge on any atom is 0.0825 e. The molecule has 0 aromatic rings. The molecule has 3 aliphatic carbocycles. The van der Waals surface area contributed by atoms with E-state index in [4.69, 9.17) is 0 Å². The van der Waals surface area contributed by atoms with Crippen LogP contribution in [0.5, 0.6) is 0 Å². The number of allylic oxidation sites excluding steroid dienone is 8. The van der Waals surface area contributed by atoms with Gasteiger partial charge >= 0.3 is 0 Å². The molecule has 3 nitrogen and oxygen atoms in total. The van der Waals surface area contributed by atoms with E-state index in [1.807, 2.05) is 26.0 Å². The zero-order valence-electron chi connectivity index (χ0n) is 21.1. The van der Waals surface area contributed by atoms with Gasteiger partial charge in [0.2, 0.25) is 0 Å². The van der Waals surface area contributed by atoms with Crippen molar-refractivity contribution in [3.63, 3.8) is 0 Å². The summed E-state index contributed by atoms with van der Waals surface area (Å²) in [7, 11) is 0. The van der Waals surface area contributed by atoms with Gasteiger partial charge in [0.05, 0.1) is 17.8 Å². The third kappa shape index (κ3) is 5.70. The summed E-state index contributed by atoms with van der Waals surface area (Å²) in [6, 6.07) is 0. The highest BCUT2D eigenvalue weighted by Gasteiger charge is 2.45. The number of rotatable bonds is 7. The summed E-state index contributed by atoms with van der Waals surface area (Å²) in [5.74, 6) is 0.878. The molecule has 2 saturated carbocycles. The van der Waals surface area contributed by atoms with E-state index >= 15 is 0 Å². The molecule has 3 aliphatic rings. The van der Waals surface area contributed by atoms with Gasteiger partial charge in [0, 0.05) is 6.42 Å². The molecular formula is C30H44O3. The molecule has 3 heteroatoms. The highest BCUT2D eigenvalue weighted by atomic mass is 16.3. The monoisotopic (exact) mass is 452 g/mol. The lowest BCUT2D eigenvalue weighted by Gasteiger charge is -2.42. The van der Waals surface area contributed by atoms with Crippen molar-refractivity contribution in [3.05, 3.63) is 71.4 Å². The van der Waals surface area contributed by atoms with Gasteiger partial charge in [-0.2, -0.15) is 0 Å². The van der Waals surface area contributed by atoms with E-state index in [-0.39, 0.29) is 5.41 Å². The minimum atomic E-state index is -0.704. The first-order chi connectivity index (χ1) is 15.6. The number of aliphatic hydroxyl groups excluding tert-OH is 2. The molecule has 0 bridgehead atoms. The molecule has 0 saturated heterocycles. The van der Waals surface area contributed by atoms with E-state index in [0.29, 0.717) is 24.7 Å². The Morgan fingerprint density at radius 1 is 1.21 bits per heavy atom. The molecule has 5 atom stereocenters. The SMILES string of the molecule is C=C1/C(=C\C=C2/CCC[C@]3(C)C([C@@H](C)/C=C/C=C/C(O)(CC)CC)=CC[C@@H]23)C[C@@H](O)C[C@@H]1O. The van der Waals surface area contributed by atoms with Crippen molar-refractivity contribution in [2.24, 2.45) is 17.3 Å². The van der Waals surface area contributed by atoms with Gasteiger partial charge in [-0.15, -0.1) is 0 Å². The average molecular weight is 453 g/mol. The predicted molar refractivity (Wildman–Crippen MR) is 138 cm³/mol. The van der Waals surface area contributed by atoms with Crippen LogP contribution in [0, 0.1) is 17.3 Å². The van der Waals surface area contributed by atoms with Crippen molar-refractivity contribution in [3.8, 4) is 0 Å². The van der Waals surface area contributed by atoms with Gasteiger partial charge in [0.15, 0.2) is 0 Å². The molecule has 2 fully saturated rings. The summed E-state index contributed by atoms with van der Waals surface area (Å²) in [5, 5.41) is 30.7. The summed E-state index contributed by atoms with van der Waals surface area (Å²) in [6.07, 6.45) is 21.0. The Bertz CT molecular complexity index is 867. The van der Waals surface area contributed by atoms with Gasteiger partial charge in [-0.1, -0.05) is 88.0 Å². The van der Waals surface area contributed by atoms with Gasteiger partial charge in [-0.3, -0.25) is 0 Å². The first kappa shape index (κ1) is 25.9. The molecule has 0 amide bonds. The maximum absolute atomic E-state index is 10.4. The third-order valence-corrected chi connectivity index (χ3v) is 8.51. The van der Waals surface area contributed by atoms with Crippen LogP contribution in [0.25, 0.3) is 0 Å². The van der Waals surface area contributed by atoms with E-state index in [1.165, 1.54) is 24.0 Å². The number of fused-ring (bicyclic) bond motifs is 1. The highest BCUT2D eigenvalue weighted by molar-refractivity contribution is 5.40. The summed E-state index contributed by atoms with van der Waals surface area (Å²) in [5.41, 5.74) is 4.22. The largest absolute Gasteiger partial charge is 0.393 e. The zero-order valence-corrected chi connectivity index (χ0v) is 21.1. The van der Waals surface area contributed by atoms with Crippen LogP contribution >= 0.6 is 0 Å². The summed E-state index contributed by atoms with van der Waals surface area (Å²) in [4.78, 5) is 0. The quantitative estimate of drug-likeness (QED) is 0.312. The topological polar surface area (TPSA) is 60.7 Å². The van der Waals surface area contributed by atoms with Gasteiger partial charge in [-0.05, 0) is 73.3 Å². The lowest BCUT2D eigenvalue weighted by atomic mass is 9.62. The Hall–Kier alpha value is -1.68. The lowest BCUT2D eigenvalue weighted by Crippen LogP contribution is -2.32. The second-order valence-electron chi connectivity index (χ2n) is 10.6. The number of hydrogen-bond donors (Lipinski definition) is 3. The fourth-order valence-electron chi connectivity index (χ4n) is 6.08. The molecule has 0 radical (unpaired) electrons. The molecule has 0 unspecified atom stereocenters. The van der Waals surface area contributed by atoms with Crippen LogP contribution in [-0.4, -0.2) is 33.1 Å². The van der Waals surface area contributed by atoms with Crippen molar-refractivity contribution in [1.82, 2.24) is 0 Å². The Morgan fingerprint density at radius 2 is 1.94 bits per heavy atom. The maximum atomic E-state index is 10.4. The van der Waals surface area contributed by atoms with Crippen LogP contribution in [-0.2, 0) is 0 Å². The van der Waals surface area contributed by atoms with Crippen molar-refractivity contribution in [1.29, 1.82) is 0 Å². The Kier molecular flexibility index (Phi) is 8.42. The average Bonchev–Trinajstić information content (AvgIpc) is 3.15. The zero-order chi connectivity index (χ0) is 24.2. The van der Waals surface area contributed by atoms with E-state index in [0.717, 1.165) is 36.8 Å². The second kappa shape index (κ2) is 10.7. The van der Waals surface area contributed by atoms with Gasteiger partial charge in [0.25, 0.3) is 0 Å². The van der Waals surface area contributed by atoms with Crippen LogP contribution < -0.4 is 0 Å². The molecule has 33 heavy (non-hydrogen) atoms. The van der Waals surface area contributed by atoms with Crippen LogP contribution in [0.2, 0.25) is 0 Å². The van der Waals surface area contributed by atoms with E-state index in [1.54, 1.807) is 0 Å². The molecular weight excluding hydrogens is 408 g/mol. The minimum Gasteiger partial charge on any atom is -0.393 e. The molecule has 0 spiro atoms. The predicted octanol–water partition coefficient (Wildman–Crippen LogP) is 6.35. The van der Waals surface area contributed by atoms with Crippen molar-refractivity contribution < 1.29 is 15.3 Å². The van der Waals surface area contributed by atoms with Crippen LogP contribution in [0.3, 0.4) is 0 Å². The van der Waals surface area contributed by atoms with Gasteiger partial charge < -0.3 is 15.3 Å². The molecule has 0 aromatic carbocycles. The van der Waals surface area contributed by atoms with Crippen LogP contribution in [0.1, 0.15) is 79.1 Å². The molecule has 3 rings (SSSR count). The van der Waals surface area contributed by atoms with E-state index < -0.39 is 17.8 Å². The Balaban J connectivity index is 1.73. The second-order valence-corrected chi connectivity index (χ2v) is 10.6. The van der Waals surface area contributed by atoms with E-state index in [2.05, 4.69) is 50.8 Å². The fraction of sp³-hybridized carbons (Fsp3) is 0.600. The number of hydrogen-bond acceptors (Lipinski definition) is 3. The number of aliphatic hydroxyl groups is 3. The smallest absolute Gasteiger partial charge is 0.0825 e. The van der Waals surface area contributed by atoms with Gasteiger partial charge in [0.1, 0.15) is 0 Å². The van der Waals surface area contributed by atoms with Crippen molar-refractivity contribution in [2.45, 2.75) is 96.9 Å². The first-order valence-electron chi connectivity index (χ1n) is 12.9. The standard InChI is InChI=1S/C30H44O3/c1-6-30(33,7-2)18-9-8-11-21(3)26-15-16-27-23(12-10-17-29(26,27)5)13-14-24-19-25(31)20-28(32)22(24)4/h8-9,11,13-15,18,21,25,27-28,31-33H,4,6-7,10,12,16-17,19-20H2,1-3,5H3/b11-8+,18-9+,23-13+,24-14-/t21-,25+,27-,28-,29+/m0/s1. The molecule has 0 heterocycles. The van der Waals surface area contributed by atoms with Crippen molar-refractivity contribution >= 4 is 0 Å². The van der Waals surface area contributed by atoms with Gasteiger partial charge in [-0.25, -0.2) is 0 Å². The lowest BCUT2D eigenvalue weighted by molar-refractivity contribution is 0.0827. The fourth-order valence-corrected chi connectivity index (χ4v) is 6.08. The van der Waals surface area contributed by atoms with E-state index in [9.17, 15) is 15.3 Å². The Morgan fingerprint density at radius 3 is 2.64 bits per heavy atom. The molecule has 182 valence electrons. The summed E-state index contributed by atoms with van der Waals surface area (Å²) in [6.45, 7) is 12.8. The normalized spacial score (nSPS) is 34.5. The minimum absolute atomic E-state index is 0.173. The van der Waals surface area contributed by atoms with Crippen LogP contribution in [0.4, 0.5) is 0 Å². The molecule has 3 N–H and O–H groups in total. The first-order valence-corrected chi connectivity index (χ1v) is 12.9. The Labute approximate surface area is 201 Å². The van der Waals surface area contributed by atoms with Crippen LogP contribution in [0.15, 0.2) is 71.4 Å². The summed E-state index contributed by atoms with van der Waals surface area (Å²) < 4.78 is 0. The summed E-state index contributed by atoms with van der Waals surface area (Å²) >= 11 is 0.